The predicted molar refractivity (Wildman–Crippen MR) is 116 cm³/mol. The Morgan fingerprint density at radius 1 is 1.08 bits per heavy atom. The molecular formula is C24H24F4N4O4. The van der Waals surface area contributed by atoms with Crippen LogP contribution < -0.4 is 4.74 Å². The molecule has 3 saturated carbocycles. The van der Waals surface area contributed by atoms with Crippen molar-refractivity contribution in [3.8, 4) is 5.75 Å². The molecule has 3 N–H and O–H groups in total. The highest BCUT2D eigenvalue weighted by molar-refractivity contribution is 5.44. The van der Waals surface area contributed by atoms with Crippen molar-refractivity contribution < 1.29 is 37.6 Å². The Labute approximate surface area is 203 Å². The fraction of sp³-hybridized carbons (Fsp3) is 0.458. The van der Waals surface area contributed by atoms with Crippen LogP contribution >= 0.6 is 0 Å². The minimum Gasteiger partial charge on any atom is -0.491 e. The van der Waals surface area contributed by atoms with E-state index in [1.54, 1.807) is 24.3 Å². The quantitative estimate of drug-likeness (QED) is 0.360. The molecule has 8 nitrogen and oxygen atoms in total. The van der Waals surface area contributed by atoms with Crippen molar-refractivity contribution in [3.05, 3.63) is 71.6 Å². The average Bonchev–Trinajstić information content (AvgIpc) is 3.29. The van der Waals surface area contributed by atoms with Gasteiger partial charge in [-0.2, -0.15) is 0 Å². The van der Waals surface area contributed by atoms with Gasteiger partial charge in [0, 0.05) is 17.0 Å². The Bertz CT molecular complexity index is 1220. The molecule has 192 valence electrons. The number of hydrogen-bond donors (Lipinski definition) is 3. The molecule has 2 atom stereocenters. The van der Waals surface area contributed by atoms with Crippen LogP contribution in [0.25, 0.3) is 0 Å². The number of alkyl halides is 2. The van der Waals surface area contributed by atoms with Crippen molar-refractivity contribution in [3.63, 3.8) is 0 Å². The number of hydrogen-bond acceptors (Lipinski definition) is 7. The van der Waals surface area contributed by atoms with Gasteiger partial charge in [-0.15, -0.1) is 5.10 Å². The number of tetrazole rings is 1. The second-order valence-electron chi connectivity index (χ2n) is 9.83. The smallest absolute Gasteiger partial charge is 0.287 e. The highest BCUT2D eigenvalue weighted by Crippen LogP contribution is 2.80. The SMILES string of the molecule is OC[C@H](O)COc1ccc(C23CC(C(F)(F)[C@@](O)(Cn4cnnn4)c4ccc(F)cc4F)(C2)C3)cc1. The van der Waals surface area contributed by atoms with E-state index in [1.165, 1.54) is 0 Å². The number of aromatic nitrogens is 4. The lowest BCUT2D eigenvalue weighted by Gasteiger charge is -2.74. The summed E-state index contributed by atoms with van der Waals surface area (Å²) in [6.07, 6.45) is 0.225. The summed E-state index contributed by atoms with van der Waals surface area (Å²) in [7, 11) is 0. The molecule has 3 fully saturated rings. The lowest BCUT2D eigenvalue weighted by molar-refractivity contribution is -0.347. The van der Waals surface area contributed by atoms with E-state index < -0.39 is 58.8 Å². The first-order chi connectivity index (χ1) is 17.0. The van der Waals surface area contributed by atoms with Crippen LogP contribution in [0.4, 0.5) is 17.6 Å². The first-order valence-corrected chi connectivity index (χ1v) is 11.3. The van der Waals surface area contributed by atoms with E-state index in [-0.39, 0.29) is 25.9 Å². The summed E-state index contributed by atoms with van der Waals surface area (Å²) in [6, 6.07) is 8.95. The molecule has 12 heteroatoms. The molecule has 1 heterocycles. The van der Waals surface area contributed by atoms with Crippen LogP contribution in [0, 0.1) is 17.0 Å². The molecule has 6 rings (SSSR count). The van der Waals surface area contributed by atoms with Crippen LogP contribution in [0.15, 0.2) is 48.8 Å². The van der Waals surface area contributed by atoms with Crippen LogP contribution in [-0.4, -0.2) is 60.8 Å². The first-order valence-electron chi connectivity index (χ1n) is 11.3. The highest BCUT2D eigenvalue weighted by Gasteiger charge is 2.82. The number of aliphatic hydroxyl groups is 3. The summed E-state index contributed by atoms with van der Waals surface area (Å²) in [5, 5.41) is 40.0. The summed E-state index contributed by atoms with van der Waals surface area (Å²) in [5.41, 5.74) is -5.03. The third kappa shape index (κ3) is 3.66. The van der Waals surface area contributed by atoms with Gasteiger partial charge in [0.2, 0.25) is 0 Å². The van der Waals surface area contributed by atoms with Gasteiger partial charge in [0.1, 0.15) is 36.4 Å². The second-order valence-corrected chi connectivity index (χ2v) is 9.83. The van der Waals surface area contributed by atoms with E-state index in [1.807, 2.05) is 0 Å². The summed E-state index contributed by atoms with van der Waals surface area (Å²) >= 11 is 0. The lowest BCUT2D eigenvalue weighted by Crippen LogP contribution is -2.76. The molecule has 3 aliphatic rings. The third-order valence-electron chi connectivity index (χ3n) is 7.49. The van der Waals surface area contributed by atoms with E-state index >= 15 is 8.78 Å². The van der Waals surface area contributed by atoms with Gasteiger partial charge in [0.05, 0.1) is 13.2 Å². The normalized spacial score (nSPS) is 25.4. The van der Waals surface area contributed by atoms with Crippen molar-refractivity contribution in [1.29, 1.82) is 0 Å². The van der Waals surface area contributed by atoms with Crippen LogP contribution in [0.3, 0.4) is 0 Å². The van der Waals surface area contributed by atoms with Gasteiger partial charge in [0.25, 0.3) is 5.92 Å². The minimum absolute atomic E-state index is 0.0666. The topological polar surface area (TPSA) is 114 Å². The second kappa shape index (κ2) is 8.49. The fourth-order valence-corrected chi connectivity index (χ4v) is 5.68. The lowest BCUT2D eigenvalue weighted by atomic mass is 9.30. The molecule has 2 aromatic carbocycles. The number of ether oxygens (including phenoxy) is 1. The van der Waals surface area contributed by atoms with Gasteiger partial charge in [-0.25, -0.2) is 22.2 Å². The van der Waals surface area contributed by atoms with Gasteiger partial charge < -0.3 is 20.1 Å². The molecular weight excluding hydrogens is 484 g/mol. The fourth-order valence-electron chi connectivity index (χ4n) is 5.68. The predicted octanol–water partition coefficient (Wildman–Crippen LogP) is 2.33. The van der Waals surface area contributed by atoms with Crippen molar-refractivity contribution in [2.75, 3.05) is 13.2 Å². The van der Waals surface area contributed by atoms with Crippen molar-refractivity contribution in [2.24, 2.45) is 5.41 Å². The Hall–Kier alpha value is -3.09. The summed E-state index contributed by atoms with van der Waals surface area (Å²) in [4.78, 5) is 0. The number of nitrogens with zero attached hydrogens (tertiary/aromatic N) is 4. The number of aliphatic hydroxyl groups excluding tert-OH is 2. The highest BCUT2D eigenvalue weighted by atomic mass is 19.3. The zero-order valence-corrected chi connectivity index (χ0v) is 19.0. The molecule has 0 unspecified atom stereocenters. The van der Waals surface area contributed by atoms with Gasteiger partial charge in [-0.05, 0) is 64.9 Å². The maximum absolute atomic E-state index is 16.2. The van der Waals surface area contributed by atoms with Crippen molar-refractivity contribution in [1.82, 2.24) is 20.2 Å². The Morgan fingerprint density at radius 2 is 1.78 bits per heavy atom. The van der Waals surface area contributed by atoms with E-state index in [4.69, 9.17) is 9.84 Å². The average molecular weight is 508 g/mol. The first kappa shape index (κ1) is 24.6. The van der Waals surface area contributed by atoms with E-state index in [9.17, 15) is 19.0 Å². The standard InChI is InChI=1S/C24H24F4N4O4/c25-16-3-6-19(20(26)7-16)23(35,13-32-14-29-30-31-32)24(27,28)22-10-21(11-22,12-22)15-1-4-18(5-2-15)36-9-17(34)8-33/h1-7,14,17,33-35H,8-13H2/t17-,21?,22?,23+/m0/s1. The van der Waals surface area contributed by atoms with E-state index in [0.717, 1.165) is 28.7 Å². The Balaban J connectivity index is 1.38. The van der Waals surface area contributed by atoms with Crippen LogP contribution in [0.2, 0.25) is 0 Å². The summed E-state index contributed by atoms with van der Waals surface area (Å²) < 4.78 is 66.9. The maximum atomic E-state index is 16.2. The van der Waals surface area contributed by atoms with Crippen LogP contribution in [-0.2, 0) is 17.6 Å². The molecule has 0 spiro atoms. The summed E-state index contributed by atoms with van der Waals surface area (Å²) in [5.74, 6) is -5.57. The van der Waals surface area contributed by atoms with E-state index in [0.29, 0.717) is 11.8 Å². The third-order valence-corrected chi connectivity index (χ3v) is 7.49. The molecule has 0 radical (unpaired) electrons. The van der Waals surface area contributed by atoms with Gasteiger partial charge in [-0.1, -0.05) is 12.1 Å². The number of benzene rings is 2. The molecule has 1 aromatic heterocycles. The number of rotatable bonds is 10. The van der Waals surface area contributed by atoms with Gasteiger partial charge >= 0.3 is 0 Å². The van der Waals surface area contributed by atoms with Crippen molar-refractivity contribution >= 4 is 0 Å². The molecule has 36 heavy (non-hydrogen) atoms. The zero-order chi connectivity index (χ0) is 25.8. The Kier molecular flexibility index (Phi) is 5.80. The molecule has 2 bridgehead atoms. The zero-order valence-electron chi connectivity index (χ0n) is 19.0. The monoisotopic (exact) mass is 508 g/mol. The minimum atomic E-state index is -3.80. The molecule has 0 aliphatic heterocycles. The van der Waals surface area contributed by atoms with Crippen molar-refractivity contribution in [2.45, 2.75) is 48.8 Å². The molecule has 3 aliphatic carbocycles. The maximum Gasteiger partial charge on any atom is 0.287 e. The van der Waals surface area contributed by atoms with Crippen LogP contribution in [0.5, 0.6) is 5.75 Å². The van der Waals surface area contributed by atoms with Gasteiger partial charge in [-0.3, -0.25) is 0 Å². The largest absolute Gasteiger partial charge is 0.491 e. The molecule has 0 saturated heterocycles. The molecule has 0 amide bonds. The van der Waals surface area contributed by atoms with Gasteiger partial charge in [0.15, 0.2) is 5.60 Å². The molecule has 3 aromatic rings. The number of halogens is 4. The summed E-state index contributed by atoms with van der Waals surface area (Å²) in [6.45, 7) is -1.34. The van der Waals surface area contributed by atoms with E-state index in [2.05, 4.69) is 15.5 Å². The van der Waals surface area contributed by atoms with Crippen LogP contribution in [0.1, 0.15) is 30.4 Å². The Morgan fingerprint density at radius 3 is 2.36 bits per heavy atom.